The zero-order chi connectivity index (χ0) is 18.2. The maximum absolute atomic E-state index is 12.6. The molecule has 25 heavy (non-hydrogen) atoms. The molecule has 2 aromatic rings. The Kier molecular flexibility index (Phi) is 4.97. The van der Waals surface area contributed by atoms with Crippen LogP contribution >= 0.6 is 22.9 Å². The number of anilines is 1. The van der Waals surface area contributed by atoms with Gasteiger partial charge >= 0.3 is 6.18 Å². The van der Waals surface area contributed by atoms with E-state index in [4.69, 9.17) is 11.6 Å². The average molecular weight is 412 g/mol. The van der Waals surface area contributed by atoms with E-state index < -0.39 is 21.9 Å². The summed E-state index contributed by atoms with van der Waals surface area (Å²) in [6, 6.07) is 5.86. The number of benzene rings is 1. The molecule has 2 heterocycles. The Balaban J connectivity index is 1.69. The van der Waals surface area contributed by atoms with E-state index >= 15 is 0 Å². The number of piperazine rings is 1. The summed E-state index contributed by atoms with van der Waals surface area (Å²) in [6.45, 7) is 0.896. The highest BCUT2D eigenvalue weighted by Gasteiger charge is 2.35. The minimum Gasteiger partial charge on any atom is -0.345 e. The highest BCUT2D eigenvalue weighted by molar-refractivity contribution is 7.89. The van der Waals surface area contributed by atoms with Crippen LogP contribution in [0.5, 0.6) is 0 Å². The van der Waals surface area contributed by atoms with Crippen LogP contribution < -0.4 is 4.90 Å². The van der Waals surface area contributed by atoms with Crippen molar-refractivity contribution in [2.45, 2.75) is 11.1 Å². The average Bonchev–Trinajstić information content (AvgIpc) is 3.06. The second-order valence-electron chi connectivity index (χ2n) is 5.36. The number of nitrogens with zero attached hydrogens (tertiary/aromatic N) is 3. The van der Waals surface area contributed by atoms with Crippen molar-refractivity contribution in [3.8, 4) is 0 Å². The highest BCUT2D eigenvalue weighted by Crippen LogP contribution is 2.33. The van der Waals surface area contributed by atoms with Gasteiger partial charge in [0.1, 0.15) is 0 Å². The van der Waals surface area contributed by atoms with Gasteiger partial charge in [-0.3, -0.25) is 0 Å². The molecule has 1 fully saturated rings. The van der Waals surface area contributed by atoms with Crippen LogP contribution in [-0.4, -0.2) is 43.9 Å². The van der Waals surface area contributed by atoms with Crippen molar-refractivity contribution in [2.24, 2.45) is 0 Å². The largest absolute Gasteiger partial charge is 0.434 e. The van der Waals surface area contributed by atoms with Crippen molar-refractivity contribution in [3.05, 3.63) is 40.4 Å². The third kappa shape index (κ3) is 3.91. The van der Waals surface area contributed by atoms with Gasteiger partial charge in [0, 0.05) is 36.6 Å². The summed E-state index contributed by atoms with van der Waals surface area (Å²) in [5.41, 5.74) is -0.927. The van der Waals surface area contributed by atoms with E-state index in [1.54, 1.807) is 4.90 Å². The lowest BCUT2D eigenvalue weighted by atomic mass is 10.4. The Morgan fingerprint density at radius 2 is 1.68 bits per heavy atom. The van der Waals surface area contributed by atoms with Gasteiger partial charge in [0.2, 0.25) is 10.0 Å². The lowest BCUT2D eigenvalue weighted by molar-refractivity contribution is -0.140. The summed E-state index contributed by atoms with van der Waals surface area (Å²) >= 11 is 6.67. The van der Waals surface area contributed by atoms with Crippen molar-refractivity contribution in [3.63, 3.8) is 0 Å². The van der Waals surface area contributed by atoms with Gasteiger partial charge < -0.3 is 4.90 Å². The molecule has 1 aromatic carbocycles. The first kappa shape index (κ1) is 18.4. The van der Waals surface area contributed by atoms with Gasteiger partial charge in [-0.15, -0.1) is 11.3 Å². The third-order valence-electron chi connectivity index (χ3n) is 3.74. The predicted octanol–water partition coefficient (Wildman–Crippen LogP) is 3.33. The van der Waals surface area contributed by atoms with Gasteiger partial charge in [-0.1, -0.05) is 11.6 Å². The number of thiazole rings is 1. The Labute approximate surface area is 151 Å². The second kappa shape index (κ2) is 6.75. The van der Waals surface area contributed by atoms with Crippen molar-refractivity contribution in [2.75, 3.05) is 31.1 Å². The Morgan fingerprint density at radius 3 is 2.20 bits per heavy atom. The van der Waals surface area contributed by atoms with E-state index in [9.17, 15) is 21.6 Å². The number of aromatic nitrogens is 1. The standard InChI is InChI=1S/C14H13ClF3N3O2S2/c15-10-1-3-11(4-2-10)25(22,23)21-7-5-20(6-8-21)13-19-12(9-24-13)14(16,17)18/h1-4,9H,5-8H2. The predicted molar refractivity (Wildman–Crippen MR) is 89.5 cm³/mol. The number of hydrogen-bond acceptors (Lipinski definition) is 5. The first-order chi connectivity index (χ1) is 11.7. The van der Waals surface area contributed by atoms with Gasteiger partial charge in [-0.05, 0) is 24.3 Å². The highest BCUT2D eigenvalue weighted by atomic mass is 35.5. The van der Waals surface area contributed by atoms with Crippen LogP contribution in [0.25, 0.3) is 0 Å². The normalized spacial score (nSPS) is 17.0. The molecule has 0 N–H and O–H groups in total. The molecule has 0 atom stereocenters. The molecular formula is C14H13ClF3N3O2S2. The third-order valence-corrected chi connectivity index (χ3v) is 6.81. The van der Waals surface area contributed by atoms with E-state index in [-0.39, 0.29) is 36.2 Å². The molecule has 0 aliphatic carbocycles. The Hall–Kier alpha value is -1.36. The molecule has 1 aliphatic rings. The summed E-state index contributed by atoms with van der Waals surface area (Å²) in [4.78, 5) is 5.40. The number of hydrogen-bond donors (Lipinski definition) is 0. The van der Waals surface area contributed by atoms with Crippen molar-refractivity contribution in [1.29, 1.82) is 0 Å². The number of alkyl halides is 3. The van der Waals surface area contributed by atoms with Crippen LogP contribution in [0.1, 0.15) is 5.69 Å². The monoisotopic (exact) mass is 411 g/mol. The van der Waals surface area contributed by atoms with Gasteiger partial charge in [-0.2, -0.15) is 17.5 Å². The summed E-state index contributed by atoms with van der Waals surface area (Å²) in [5.74, 6) is 0. The lowest BCUT2D eigenvalue weighted by Gasteiger charge is -2.33. The summed E-state index contributed by atoms with van der Waals surface area (Å²) in [7, 11) is -3.65. The molecule has 0 unspecified atom stereocenters. The lowest BCUT2D eigenvalue weighted by Crippen LogP contribution is -2.48. The van der Waals surface area contributed by atoms with Gasteiger partial charge in [-0.25, -0.2) is 13.4 Å². The van der Waals surface area contributed by atoms with Gasteiger partial charge in [0.15, 0.2) is 10.8 Å². The van der Waals surface area contributed by atoms with Crippen LogP contribution in [0.3, 0.4) is 0 Å². The summed E-state index contributed by atoms with van der Waals surface area (Å²) in [6.07, 6.45) is -4.48. The molecule has 136 valence electrons. The Morgan fingerprint density at radius 1 is 1.08 bits per heavy atom. The maximum Gasteiger partial charge on any atom is 0.434 e. The maximum atomic E-state index is 12.6. The van der Waals surface area contributed by atoms with Gasteiger partial charge in [0.05, 0.1) is 4.90 Å². The molecule has 0 spiro atoms. The topological polar surface area (TPSA) is 53.5 Å². The molecule has 0 bridgehead atoms. The fraction of sp³-hybridized carbons (Fsp3) is 0.357. The van der Waals surface area contributed by atoms with Gasteiger partial charge in [0.25, 0.3) is 0 Å². The molecule has 3 rings (SSSR count). The number of halogens is 4. The van der Waals surface area contributed by atoms with Crippen LogP contribution in [0.2, 0.25) is 5.02 Å². The zero-order valence-electron chi connectivity index (χ0n) is 12.7. The van der Waals surface area contributed by atoms with E-state index in [1.807, 2.05) is 0 Å². The molecule has 11 heteroatoms. The number of rotatable bonds is 3. The quantitative estimate of drug-likeness (QED) is 0.777. The first-order valence-electron chi connectivity index (χ1n) is 7.21. The summed E-state index contributed by atoms with van der Waals surface area (Å²) in [5, 5.41) is 1.65. The van der Waals surface area contributed by atoms with E-state index in [2.05, 4.69) is 4.98 Å². The fourth-order valence-corrected chi connectivity index (χ4v) is 4.85. The van der Waals surface area contributed by atoms with Crippen LogP contribution in [0.4, 0.5) is 18.3 Å². The van der Waals surface area contributed by atoms with Crippen molar-refractivity contribution >= 4 is 38.1 Å². The van der Waals surface area contributed by atoms with E-state index in [0.717, 1.165) is 16.7 Å². The fourth-order valence-electron chi connectivity index (χ4n) is 2.42. The molecular weight excluding hydrogens is 399 g/mol. The van der Waals surface area contributed by atoms with Crippen molar-refractivity contribution < 1.29 is 21.6 Å². The van der Waals surface area contributed by atoms with Crippen molar-refractivity contribution in [1.82, 2.24) is 9.29 Å². The Bertz CT molecular complexity index is 845. The number of sulfonamides is 1. The molecule has 1 aliphatic heterocycles. The molecule has 1 aromatic heterocycles. The molecule has 1 saturated heterocycles. The molecule has 0 amide bonds. The molecule has 0 radical (unpaired) electrons. The minimum absolute atomic E-state index is 0.138. The zero-order valence-corrected chi connectivity index (χ0v) is 15.1. The molecule has 0 saturated carbocycles. The second-order valence-corrected chi connectivity index (χ2v) is 8.57. The van der Waals surface area contributed by atoms with Crippen LogP contribution in [0.15, 0.2) is 34.5 Å². The van der Waals surface area contributed by atoms with Crippen LogP contribution in [0, 0.1) is 0 Å². The SMILES string of the molecule is O=S(=O)(c1ccc(Cl)cc1)N1CCN(c2nc(C(F)(F)F)cs2)CC1. The smallest absolute Gasteiger partial charge is 0.345 e. The summed E-state index contributed by atoms with van der Waals surface area (Å²) < 4.78 is 64.4. The first-order valence-corrected chi connectivity index (χ1v) is 9.91. The van der Waals surface area contributed by atoms with Crippen LogP contribution in [-0.2, 0) is 16.2 Å². The van der Waals surface area contributed by atoms with E-state index in [0.29, 0.717) is 5.02 Å². The molecule has 5 nitrogen and oxygen atoms in total. The van der Waals surface area contributed by atoms with E-state index in [1.165, 1.54) is 28.6 Å². The minimum atomic E-state index is -4.48.